The fourth-order valence-electron chi connectivity index (χ4n) is 4.12. The van der Waals surface area contributed by atoms with E-state index in [9.17, 15) is 23.1 Å². The number of halogens is 3. The summed E-state index contributed by atoms with van der Waals surface area (Å²) in [5.41, 5.74) is -0.493. The number of amides is 2. The molecule has 2 heterocycles. The van der Waals surface area contributed by atoms with Gasteiger partial charge in [-0.3, -0.25) is 0 Å². The number of carbonyl (C=O) groups excluding carboxylic acids is 1. The van der Waals surface area contributed by atoms with Crippen molar-refractivity contribution in [2.75, 3.05) is 11.9 Å². The molecule has 27 heavy (non-hydrogen) atoms. The van der Waals surface area contributed by atoms with E-state index >= 15 is 0 Å². The summed E-state index contributed by atoms with van der Waals surface area (Å²) in [6, 6.07) is 4.01. The van der Waals surface area contributed by atoms with Gasteiger partial charge in [-0.1, -0.05) is 0 Å². The molecule has 2 aliphatic rings. The molecule has 6 nitrogen and oxygen atoms in total. The molecule has 0 spiro atoms. The topological polar surface area (TPSA) is 70.4 Å². The maximum Gasteiger partial charge on any atom is 0.416 e. The van der Waals surface area contributed by atoms with Crippen LogP contribution in [0.3, 0.4) is 0 Å². The van der Waals surface area contributed by atoms with E-state index in [1.165, 1.54) is 21.8 Å². The van der Waals surface area contributed by atoms with Crippen LogP contribution < -0.4 is 5.32 Å². The Bertz CT molecular complexity index is 838. The molecular formula is C18H19F3N4O2. The molecule has 9 heteroatoms. The van der Waals surface area contributed by atoms with Crippen molar-refractivity contribution < 1.29 is 23.1 Å². The van der Waals surface area contributed by atoms with Crippen LogP contribution in [0.1, 0.15) is 24.8 Å². The SMILES string of the molecule is O=C(Nc1cc(C(F)(F)F)ccc1-n1cccn1)N1CC[C@@H]2CC[C@@H](O)[C@@H]21. The van der Waals surface area contributed by atoms with Gasteiger partial charge in [0.15, 0.2) is 0 Å². The number of aliphatic hydroxyl groups excluding tert-OH is 1. The minimum Gasteiger partial charge on any atom is -0.391 e. The Morgan fingerprint density at radius 1 is 1.26 bits per heavy atom. The third kappa shape index (κ3) is 3.27. The Morgan fingerprint density at radius 2 is 2.07 bits per heavy atom. The number of benzene rings is 1. The van der Waals surface area contributed by atoms with E-state index in [1.807, 2.05) is 0 Å². The molecule has 1 aromatic heterocycles. The number of nitrogens with one attached hydrogen (secondary N) is 1. The standard InChI is InChI=1S/C18H19F3N4O2/c19-18(20,21)12-3-4-14(25-8-1-7-22-25)13(10-12)23-17(27)24-9-6-11-2-5-15(26)16(11)24/h1,3-4,7-8,10-11,15-16,26H,2,5-6,9H2,(H,23,27)/t11-,15+,16+/m0/s1. The van der Waals surface area contributed by atoms with E-state index in [2.05, 4.69) is 10.4 Å². The van der Waals surface area contributed by atoms with Gasteiger partial charge >= 0.3 is 12.2 Å². The lowest BCUT2D eigenvalue weighted by molar-refractivity contribution is -0.137. The van der Waals surface area contributed by atoms with Gasteiger partial charge in [0, 0.05) is 18.9 Å². The number of rotatable bonds is 2. The minimum absolute atomic E-state index is 0.0226. The molecule has 0 radical (unpaired) electrons. The molecule has 2 fully saturated rings. The third-order valence-corrected chi connectivity index (χ3v) is 5.39. The second-order valence-electron chi connectivity index (χ2n) is 6.99. The summed E-state index contributed by atoms with van der Waals surface area (Å²) in [5.74, 6) is 0.248. The van der Waals surface area contributed by atoms with Crippen LogP contribution in [0.15, 0.2) is 36.7 Å². The lowest BCUT2D eigenvalue weighted by atomic mass is 10.0. The average Bonchev–Trinajstić information content (AvgIpc) is 3.33. The molecule has 4 rings (SSSR count). The van der Waals surface area contributed by atoms with Crippen molar-refractivity contribution in [1.29, 1.82) is 0 Å². The highest BCUT2D eigenvalue weighted by molar-refractivity contribution is 5.92. The summed E-state index contributed by atoms with van der Waals surface area (Å²) >= 11 is 0. The number of anilines is 1. The summed E-state index contributed by atoms with van der Waals surface area (Å²) in [5, 5.41) is 16.8. The number of urea groups is 1. The molecular weight excluding hydrogens is 361 g/mol. The van der Waals surface area contributed by atoms with Gasteiger partial charge in [0.25, 0.3) is 0 Å². The molecule has 0 unspecified atom stereocenters. The normalized spacial score (nSPS) is 24.9. The number of nitrogens with zero attached hydrogens (tertiary/aromatic N) is 3. The zero-order valence-corrected chi connectivity index (χ0v) is 14.4. The maximum absolute atomic E-state index is 13.1. The van der Waals surface area contributed by atoms with Gasteiger partial charge in [0.2, 0.25) is 0 Å². The zero-order valence-electron chi connectivity index (χ0n) is 14.4. The molecule has 1 aromatic carbocycles. The van der Waals surface area contributed by atoms with Gasteiger partial charge < -0.3 is 15.3 Å². The van der Waals surface area contributed by atoms with Gasteiger partial charge in [0.1, 0.15) is 0 Å². The lowest BCUT2D eigenvalue weighted by Crippen LogP contribution is -2.44. The third-order valence-electron chi connectivity index (χ3n) is 5.39. The summed E-state index contributed by atoms with van der Waals surface area (Å²) in [4.78, 5) is 14.3. The van der Waals surface area contributed by atoms with Crippen LogP contribution in [0.2, 0.25) is 0 Å². The van der Waals surface area contributed by atoms with E-state index in [0.29, 0.717) is 18.7 Å². The Labute approximate surface area is 153 Å². The van der Waals surface area contributed by atoms with Crippen molar-refractivity contribution in [3.8, 4) is 5.69 Å². The molecule has 144 valence electrons. The van der Waals surface area contributed by atoms with Crippen LogP contribution in [-0.2, 0) is 6.18 Å². The van der Waals surface area contributed by atoms with E-state index < -0.39 is 23.9 Å². The number of hydrogen-bond acceptors (Lipinski definition) is 3. The summed E-state index contributed by atoms with van der Waals surface area (Å²) < 4.78 is 40.8. The van der Waals surface area contributed by atoms with Crippen molar-refractivity contribution >= 4 is 11.7 Å². The first-order valence-electron chi connectivity index (χ1n) is 8.81. The first-order valence-corrected chi connectivity index (χ1v) is 8.81. The monoisotopic (exact) mass is 380 g/mol. The van der Waals surface area contributed by atoms with Gasteiger partial charge in [-0.15, -0.1) is 0 Å². The van der Waals surface area contributed by atoms with Crippen molar-refractivity contribution in [2.24, 2.45) is 5.92 Å². The number of alkyl halides is 3. The van der Waals surface area contributed by atoms with Crippen LogP contribution in [0, 0.1) is 5.92 Å². The average molecular weight is 380 g/mol. The quantitative estimate of drug-likeness (QED) is 0.840. The van der Waals surface area contributed by atoms with E-state index in [4.69, 9.17) is 0 Å². The molecule has 1 saturated heterocycles. The molecule has 1 aliphatic heterocycles. The highest BCUT2D eigenvalue weighted by Gasteiger charge is 2.45. The smallest absolute Gasteiger partial charge is 0.391 e. The fourth-order valence-corrected chi connectivity index (χ4v) is 4.12. The lowest BCUT2D eigenvalue weighted by Gasteiger charge is -2.27. The Kier molecular flexibility index (Phi) is 4.33. The second-order valence-corrected chi connectivity index (χ2v) is 6.99. The minimum atomic E-state index is -4.53. The Balaban J connectivity index is 1.64. The molecule has 2 amide bonds. The summed E-state index contributed by atoms with van der Waals surface area (Å²) in [6.07, 6.45) is 0.273. The highest BCUT2D eigenvalue weighted by atomic mass is 19.4. The van der Waals surface area contributed by atoms with Crippen LogP contribution in [0.5, 0.6) is 0 Å². The van der Waals surface area contributed by atoms with Crippen molar-refractivity contribution in [2.45, 2.75) is 37.6 Å². The largest absolute Gasteiger partial charge is 0.416 e. The number of aromatic nitrogens is 2. The van der Waals surface area contributed by atoms with Crippen molar-refractivity contribution in [1.82, 2.24) is 14.7 Å². The maximum atomic E-state index is 13.1. The van der Waals surface area contributed by atoms with Crippen LogP contribution in [0.25, 0.3) is 5.69 Å². The predicted octanol–water partition coefficient (Wildman–Crippen LogP) is 3.27. The van der Waals surface area contributed by atoms with Gasteiger partial charge in [-0.2, -0.15) is 18.3 Å². The van der Waals surface area contributed by atoms with Crippen LogP contribution >= 0.6 is 0 Å². The molecule has 3 atom stereocenters. The fraction of sp³-hybridized carbons (Fsp3) is 0.444. The molecule has 1 saturated carbocycles. The van der Waals surface area contributed by atoms with Crippen LogP contribution in [-0.4, -0.2) is 44.5 Å². The first kappa shape index (κ1) is 17.8. The van der Waals surface area contributed by atoms with Gasteiger partial charge in [-0.25, -0.2) is 9.48 Å². The zero-order chi connectivity index (χ0) is 19.2. The number of carbonyl (C=O) groups is 1. The highest BCUT2D eigenvalue weighted by Crippen LogP contribution is 2.39. The molecule has 1 aliphatic carbocycles. The van der Waals surface area contributed by atoms with Crippen molar-refractivity contribution in [3.05, 3.63) is 42.2 Å². The summed E-state index contributed by atoms with van der Waals surface area (Å²) in [6.45, 7) is 0.480. The Morgan fingerprint density at radius 3 is 2.78 bits per heavy atom. The van der Waals surface area contributed by atoms with Gasteiger partial charge in [-0.05, 0) is 49.4 Å². The van der Waals surface area contributed by atoms with E-state index in [0.717, 1.165) is 25.0 Å². The molecule has 2 N–H and O–H groups in total. The van der Waals surface area contributed by atoms with E-state index in [1.54, 1.807) is 12.3 Å². The van der Waals surface area contributed by atoms with Gasteiger partial charge in [0.05, 0.1) is 29.1 Å². The summed E-state index contributed by atoms with van der Waals surface area (Å²) in [7, 11) is 0. The number of fused-ring (bicyclic) bond motifs is 1. The molecule has 2 aromatic rings. The number of hydrogen-bond donors (Lipinski definition) is 2. The number of aliphatic hydroxyl groups is 1. The first-order chi connectivity index (χ1) is 12.8. The Hall–Kier alpha value is -2.55. The van der Waals surface area contributed by atoms with Crippen LogP contribution in [0.4, 0.5) is 23.7 Å². The predicted molar refractivity (Wildman–Crippen MR) is 91.4 cm³/mol. The van der Waals surface area contributed by atoms with E-state index in [-0.39, 0.29) is 17.6 Å². The molecule has 0 bridgehead atoms. The number of likely N-dealkylation sites (tertiary alicyclic amines) is 1. The van der Waals surface area contributed by atoms with Crippen molar-refractivity contribution in [3.63, 3.8) is 0 Å². The second kappa shape index (κ2) is 6.56.